The summed E-state index contributed by atoms with van der Waals surface area (Å²) in [5.74, 6) is 1.50. The van der Waals surface area contributed by atoms with Gasteiger partial charge in [0.05, 0.1) is 10.6 Å². The maximum Gasteiger partial charge on any atom is 0.231 e. The van der Waals surface area contributed by atoms with Crippen LogP contribution < -0.4 is 9.47 Å². The van der Waals surface area contributed by atoms with Crippen LogP contribution in [-0.4, -0.2) is 18.1 Å². The second-order valence-corrected chi connectivity index (χ2v) is 5.14. The summed E-state index contributed by atoms with van der Waals surface area (Å²) >= 11 is 1.40. The van der Waals surface area contributed by atoms with Gasteiger partial charge in [0.15, 0.2) is 17.8 Å². The zero-order valence-corrected chi connectivity index (χ0v) is 10.8. The molecule has 0 fully saturated rings. The minimum Gasteiger partial charge on any atom is -0.454 e. The quantitative estimate of drug-likeness (QED) is 0.780. The summed E-state index contributed by atoms with van der Waals surface area (Å²) in [6.07, 6.45) is 0.846. The van der Waals surface area contributed by atoms with Gasteiger partial charge in [-0.3, -0.25) is 4.79 Å². The van der Waals surface area contributed by atoms with E-state index in [4.69, 9.17) is 9.47 Å². The minimum absolute atomic E-state index is 0.259. The number of aromatic nitrogens is 1. The Morgan fingerprint density at radius 3 is 2.67 bits per heavy atom. The van der Waals surface area contributed by atoms with Crippen LogP contribution in [0.3, 0.4) is 0 Å². The molecule has 4 nitrogen and oxygen atoms in total. The van der Waals surface area contributed by atoms with Crippen molar-refractivity contribution in [1.29, 1.82) is 0 Å². The fourth-order valence-electron chi connectivity index (χ4n) is 1.91. The lowest BCUT2D eigenvalue weighted by molar-refractivity contribution is 0.112. The van der Waals surface area contributed by atoms with Crippen LogP contribution in [-0.2, 0) is 0 Å². The number of rotatable bonds is 2. The second kappa shape index (κ2) is 4.10. The summed E-state index contributed by atoms with van der Waals surface area (Å²) in [7, 11) is 0. The van der Waals surface area contributed by atoms with Crippen LogP contribution in [0.4, 0.5) is 0 Å². The molecule has 0 saturated heterocycles. The molecule has 0 N–H and O–H groups in total. The Bertz CT molecular complexity index is 633. The van der Waals surface area contributed by atoms with Crippen LogP contribution in [0, 0.1) is 13.8 Å². The number of fused-ring (bicyclic) bond motifs is 1. The van der Waals surface area contributed by atoms with Crippen molar-refractivity contribution in [2.45, 2.75) is 13.8 Å². The van der Waals surface area contributed by atoms with Crippen LogP contribution in [0.15, 0.2) is 12.1 Å². The lowest BCUT2D eigenvalue weighted by Gasteiger charge is -2.04. The first-order valence-electron chi connectivity index (χ1n) is 5.52. The number of hydrogen-bond donors (Lipinski definition) is 0. The van der Waals surface area contributed by atoms with Crippen molar-refractivity contribution in [1.82, 2.24) is 4.98 Å². The van der Waals surface area contributed by atoms with E-state index in [-0.39, 0.29) is 6.79 Å². The predicted octanol–water partition coefficient (Wildman–Crippen LogP) is 2.97. The zero-order valence-electron chi connectivity index (χ0n) is 10.0. The summed E-state index contributed by atoms with van der Waals surface area (Å²) < 4.78 is 10.7. The first-order chi connectivity index (χ1) is 8.69. The summed E-state index contributed by atoms with van der Waals surface area (Å²) in [5.41, 5.74) is 2.81. The molecule has 1 aromatic carbocycles. The molecule has 0 saturated carbocycles. The average molecular weight is 261 g/mol. The molecule has 3 rings (SSSR count). The van der Waals surface area contributed by atoms with E-state index >= 15 is 0 Å². The molecule has 0 aliphatic carbocycles. The highest BCUT2D eigenvalue weighted by atomic mass is 32.1. The molecule has 18 heavy (non-hydrogen) atoms. The molecule has 2 aromatic rings. The number of ether oxygens (including phenoxy) is 2. The molecule has 5 heteroatoms. The van der Waals surface area contributed by atoms with Gasteiger partial charge in [0.1, 0.15) is 5.01 Å². The fraction of sp³-hybridized carbons (Fsp3) is 0.231. The van der Waals surface area contributed by atoms with Gasteiger partial charge in [-0.2, -0.15) is 0 Å². The van der Waals surface area contributed by atoms with Crippen LogP contribution in [0.2, 0.25) is 0 Å². The van der Waals surface area contributed by atoms with Crippen molar-refractivity contribution < 1.29 is 14.3 Å². The van der Waals surface area contributed by atoms with Crippen LogP contribution in [0.25, 0.3) is 10.6 Å². The maximum absolute atomic E-state index is 10.9. The van der Waals surface area contributed by atoms with Gasteiger partial charge in [0.25, 0.3) is 0 Å². The summed E-state index contributed by atoms with van der Waals surface area (Å²) in [6.45, 7) is 4.09. The van der Waals surface area contributed by atoms with Gasteiger partial charge in [-0.1, -0.05) is 0 Å². The van der Waals surface area contributed by atoms with E-state index in [0.717, 1.165) is 39.6 Å². The minimum atomic E-state index is 0.259. The van der Waals surface area contributed by atoms with Gasteiger partial charge in [0, 0.05) is 5.56 Å². The topological polar surface area (TPSA) is 48.4 Å². The van der Waals surface area contributed by atoms with Gasteiger partial charge >= 0.3 is 0 Å². The van der Waals surface area contributed by atoms with Crippen molar-refractivity contribution in [3.05, 3.63) is 28.3 Å². The third kappa shape index (κ3) is 1.67. The Hall–Kier alpha value is -1.88. The zero-order chi connectivity index (χ0) is 12.7. The van der Waals surface area contributed by atoms with Gasteiger partial charge in [-0.15, -0.1) is 11.3 Å². The molecule has 0 atom stereocenters. The maximum atomic E-state index is 10.9. The monoisotopic (exact) mass is 261 g/mol. The van der Waals surface area contributed by atoms with E-state index in [0.29, 0.717) is 4.88 Å². The number of carbonyl (C=O) groups is 1. The molecule has 1 aromatic heterocycles. The van der Waals surface area contributed by atoms with Crippen molar-refractivity contribution in [2.75, 3.05) is 6.79 Å². The van der Waals surface area contributed by atoms with Crippen molar-refractivity contribution in [2.24, 2.45) is 0 Å². The highest BCUT2D eigenvalue weighted by Crippen LogP contribution is 2.39. The first-order valence-corrected chi connectivity index (χ1v) is 6.34. The molecule has 92 valence electrons. The van der Waals surface area contributed by atoms with E-state index in [9.17, 15) is 4.79 Å². The Kier molecular flexibility index (Phi) is 2.56. The Labute approximate surface area is 108 Å². The van der Waals surface area contributed by atoms with Crippen LogP contribution in [0.1, 0.15) is 20.9 Å². The number of nitrogens with zero attached hydrogens (tertiary/aromatic N) is 1. The third-order valence-electron chi connectivity index (χ3n) is 2.89. The number of aryl methyl sites for hydroxylation is 2. The van der Waals surface area contributed by atoms with E-state index in [2.05, 4.69) is 4.98 Å². The standard InChI is InChI=1S/C13H11NO3S/c1-7-3-10-11(17-6-16-10)4-9(7)13-14-8(2)12(5-15)18-13/h3-5H,6H2,1-2H3. The van der Waals surface area contributed by atoms with Gasteiger partial charge in [-0.25, -0.2) is 4.98 Å². The predicted molar refractivity (Wildman–Crippen MR) is 68.5 cm³/mol. The summed E-state index contributed by atoms with van der Waals surface area (Å²) in [6, 6.07) is 3.86. The van der Waals surface area contributed by atoms with Crippen LogP contribution in [0.5, 0.6) is 11.5 Å². The number of thiazole rings is 1. The Morgan fingerprint density at radius 1 is 1.28 bits per heavy atom. The molecule has 0 unspecified atom stereocenters. The molecular formula is C13H11NO3S. The smallest absolute Gasteiger partial charge is 0.231 e. The highest BCUT2D eigenvalue weighted by molar-refractivity contribution is 7.16. The second-order valence-electron chi connectivity index (χ2n) is 4.11. The first kappa shape index (κ1) is 11.2. The van der Waals surface area contributed by atoms with Crippen LogP contribution >= 0.6 is 11.3 Å². The summed E-state index contributed by atoms with van der Waals surface area (Å²) in [4.78, 5) is 16.0. The average Bonchev–Trinajstić information content (AvgIpc) is 2.93. The van der Waals surface area contributed by atoms with Gasteiger partial charge in [-0.05, 0) is 31.5 Å². The number of hydrogen-bond acceptors (Lipinski definition) is 5. The summed E-state index contributed by atoms with van der Waals surface area (Å²) in [5, 5.41) is 0.838. The lowest BCUT2D eigenvalue weighted by atomic mass is 10.1. The fourth-order valence-corrected chi connectivity index (χ4v) is 2.87. The van der Waals surface area contributed by atoms with Crippen molar-refractivity contribution in [3.63, 3.8) is 0 Å². The molecule has 0 bridgehead atoms. The molecule has 0 amide bonds. The Morgan fingerprint density at radius 2 is 2.00 bits per heavy atom. The molecule has 1 aliphatic heterocycles. The van der Waals surface area contributed by atoms with Gasteiger partial charge < -0.3 is 9.47 Å². The molecule has 2 heterocycles. The molecule has 0 spiro atoms. The number of carbonyl (C=O) groups excluding carboxylic acids is 1. The Balaban J connectivity index is 2.13. The van der Waals surface area contributed by atoms with Crippen molar-refractivity contribution >= 4 is 17.6 Å². The van der Waals surface area contributed by atoms with E-state index in [1.165, 1.54) is 11.3 Å². The largest absolute Gasteiger partial charge is 0.454 e. The third-order valence-corrected chi connectivity index (χ3v) is 4.01. The lowest BCUT2D eigenvalue weighted by Crippen LogP contribution is -1.92. The number of benzene rings is 1. The van der Waals surface area contributed by atoms with Gasteiger partial charge in [0.2, 0.25) is 6.79 Å². The molecule has 1 aliphatic rings. The number of aldehydes is 1. The van der Waals surface area contributed by atoms with Crippen molar-refractivity contribution in [3.8, 4) is 22.1 Å². The highest BCUT2D eigenvalue weighted by Gasteiger charge is 2.18. The molecule has 0 radical (unpaired) electrons. The SMILES string of the molecule is Cc1cc2c(cc1-c1nc(C)c(C=O)s1)OCO2. The normalized spacial score (nSPS) is 12.8. The van der Waals surface area contributed by atoms with E-state index in [1.54, 1.807) is 0 Å². The van der Waals surface area contributed by atoms with E-state index in [1.807, 2.05) is 26.0 Å². The van der Waals surface area contributed by atoms with E-state index < -0.39 is 0 Å². The molecular weight excluding hydrogens is 250 g/mol.